The lowest BCUT2D eigenvalue weighted by molar-refractivity contribution is 0.0160. The predicted octanol–water partition coefficient (Wildman–Crippen LogP) is 3.67. The number of hydrogen-bond donors (Lipinski definition) is 2. The monoisotopic (exact) mass is 405 g/mol. The fourth-order valence-corrected chi connectivity index (χ4v) is 4.80. The molecule has 6 nitrogen and oxygen atoms in total. The summed E-state index contributed by atoms with van der Waals surface area (Å²) in [7, 11) is 1.63. The summed E-state index contributed by atoms with van der Waals surface area (Å²) in [6.07, 6.45) is 4.19. The van der Waals surface area contributed by atoms with Gasteiger partial charge in [0.25, 0.3) is 0 Å². The number of nitrogens with one attached hydrogen (secondary N) is 1. The maximum absolute atomic E-state index is 12.9. The molecule has 156 valence electrons. The molecule has 4 rings (SSSR count). The van der Waals surface area contributed by atoms with E-state index in [0.717, 1.165) is 48.1 Å². The van der Waals surface area contributed by atoms with Crippen LogP contribution in [0, 0.1) is 11.3 Å². The number of urea groups is 1. The van der Waals surface area contributed by atoms with Gasteiger partial charge in [-0.15, -0.1) is 0 Å². The highest BCUT2D eigenvalue weighted by Crippen LogP contribution is 2.44. The molecular weight excluding hydrogens is 378 g/mol. The zero-order chi connectivity index (χ0) is 21.1. The Morgan fingerprint density at radius 3 is 2.53 bits per heavy atom. The molecule has 2 amide bonds. The summed E-state index contributed by atoms with van der Waals surface area (Å²) in [6, 6.07) is 16.9. The van der Waals surface area contributed by atoms with Crippen molar-refractivity contribution >= 4 is 6.03 Å². The van der Waals surface area contributed by atoms with Crippen molar-refractivity contribution in [2.75, 3.05) is 13.7 Å². The summed E-state index contributed by atoms with van der Waals surface area (Å²) >= 11 is 0. The zero-order valence-corrected chi connectivity index (χ0v) is 17.1. The van der Waals surface area contributed by atoms with Gasteiger partial charge in [-0.05, 0) is 41.7 Å². The molecule has 2 aromatic rings. The van der Waals surface area contributed by atoms with Crippen molar-refractivity contribution < 1.29 is 14.6 Å². The van der Waals surface area contributed by atoms with E-state index in [9.17, 15) is 15.2 Å². The number of nitrogens with zero attached hydrogens (tertiary/aromatic N) is 2. The number of aliphatic hydroxyl groups is 1. The first-order valence-corrected chi connectivity index (χ1v) is 10.5. The molecule has 1 aliphatic carbocycles. The highest BCUT2D eigenvalue weighted by molar-refractivity contribution is 5.79. The fraction of sp³-hybridized carbons (Fsp3) is 0.417. The summed E-state index contributed by atoms with van der Waals surface area (Å²) in [5.41, 5.74) is 2.98. The number of likely N-dealkylation sites (tertiary alicyclic amines) is 1. The number of carbonyl (C=O) groups is 1. The molecule has 3 atom stereocenters. The standard InChI is InChI=1S/C24H27N3O3/c1-30-18-12-10-16(11-13-18)19-8-4-5-9-20(19)23-21(14-25)27(22(23)15-28)24(29)26-17-6-2-3-7-17/h4-5,8-13,17,21-23,28H,2-3,6-7,15H2,1H3,(H,26,29)/t21-,22+,23+/m1/s1. The summed E-state index contributed by atoms with van der Waals surface area (Å²) in [5.74, 6) is 0.533. The molecule has 30 heavy (non-hydrogen) atoms. The van der Waals surface area contributed by atoms with E-state index >= 15 is 0 Å². The third kappa shape index (κ3) is 3.61. The smallest absolute Gasteiger partial charge is 0.319 e. The minimum atomic E-state index is -0.608. The van der Waals surface area contributed by atoms with E-state index in [1.54, 1.807) is 7.11 Å². The van der Waals surface area contributed by atoms with E-state index < -0.39 is 12.1 Å². The zero-order valence-electron chi connectivity index (χ0n) is 17.1. The topological polar surface area (TPSA) is 85.6 Å². The van der Waals surface area contributed by atoms with Crippen LogP contribution >= 0.6 is 0 Å². The second-order valence-electron chi connectivity index (χ2n) is 8.00. The molecule has 1 saturated heterocycles. The molecule has 6 heteroatoms. The third-order valence-corrected chi connectivity index (χ3v) is 6.37. The number of methoxy groups -OCH3 is 1. The van der Waals surface area contributed by atoms with E-state index in [1.807, 2.05) is 48.5 Å². The summed E-state index contributed by atoms with van der Waals surface area (Å²) in [6.45, 7) is -0.183. The largest absolute Gasteiger partial charge is 0.497 e. The van der Waals surface area contributed by atoms with E-state index in [2.05, 4.69) is 11.4 Å². The summed E-state index contributed by atoms with van der Waals surface area (Å²) in [4.78, 5) is 14.4. The van der Waals surface area contributed by atoms with Crippen LogP contribution in [0.2, 0.25) is 0 Å². The number of rotatable bonds is 5. The average Bonchev–Trinajstić information content (AvgIpc) is 3.27. The molecule has 0 aromatic heterocycles. The van der Waals surface area contributed by atoms with Gasteiger partial charge < -0.3 is 20.1 Å². The van der Waals surface area contributed by atoms with Gasteiger partial charge in [0.2, 0.25) is 0 Å². The Bertz CT molecular complexity index is 931. The molecule has 2 fully saturated rings. The quantitative estimate of drug-likeness (QED) is 0.795. The minimum absolute atomic E-state index is 0.168. The van der Waals surface area contributed by atoms with E-state index in [1.165, 1.54) is 4.90 Å². The van der Waals surface area contributed by atoms with Crippen LogP contribution in [0.1, 0.15) is 37.2 Å². The van der Waals surface area contributed by atoms with Crippen molar-refractivity contribution in [2.45, 2.75) is 49.7 Å². The van der Waals surface area contributed by atoms with Crippen molar-refractivity contribution in [3.8, 4) is 22.9 Å². The number of aliphatic hydroxyl groups excluding tert-OH is 1. The van der Waals surface area contributed by atoms with Gasteiger partial charge >= 0.3 is 6.03 Å². The lowest BCUT2D eigenvalue weighted by Gasteiger charge is -2.52. The highest BCUT2D eigenvalue weighted by atomic mass is 16.5. The molecule has 2 N–H and O–H groups in total. The second-order valence-corrected chi connectivity index (χ2v) is 8.00. The Kier molecular flexibility index (Phi) is 5.91. The Labute approximate surface area is 177 Å². The SMILES string of the molecule is COc1ccc(-c2ccccc2[C@H]2[C@@H](C#N)N(C(=O)NC3CCCC3)[C@H]2CO)cc1. The average molecular weight is 405 g/mol. The second kappa shape index (κ2) is 8.76. The van der Waals surface area contributed by atoms with Crippen LogP contribution in [-0.2, 0) is 0 Å². The molecular formula is C24H27N3O3. The lowest BCUT2D eigenvalue weighted by atomic mass is 9.73. The van der Waals surface area contributed by atoms with Crippen molar-refractivity contribution in [2.24, 2.45) is 0 Å². The summed E-state index contributed by atoms with van der Waals surface area (Å²) < 4.78 is 5.25. The van der Waals surface area contributed by atoms with Crippen molar-refractivity contribution in [3.63, 3.8) is 0 Å². The van der Waals surface area contributed by atoms with Crippen LogP contribution in [0.4, 0.5) is 4.79 Å². The van der Waals surface area contributed by atoms with E-state index in [0.29, 0.717) is 0 Å². The molecule has 0 bridgehead atoms. The summed E-state index contributed by atoms with van der Waals surface area (Å²) in [5, 5.41) is 23.0. The molecule has 1 saturated carbocycles. The molecule has 2 aliphatic rings. The molecule has 0 unspecified atom stereocenters. The van der Waals surface area contributed by atoms with Crippen molar-refractivity contribution in [1.29, 1.82) is 5.26 Å². The van der Waals surface area contributed by atoms with Gasteiger partial charge in [0.15, 0.2) is 0 Å². The van der Waals surface area contributed by atoms with Crippen LogP contribution in [0.3, 0.4) is 0 Å². The Hall–Kier alpha value is -3.04. The maximum Gasteiger partial charge on any atom is 0.319 e. The molecule has 0 spiro atoms. The molecule has 1 aliphatic heterocycles. The van der Waals surface area contributed by atoms with Crippen molar-refractivity contribution in [1.82, 2.24) is 10.2 Å². The third-order valence-electron chi connectivity index (χ3n) is 6.37. The Morgan fingerprint density at radius 1 is 1.20 bits per heavy atom. The van der Waals surface area contributed by atoms with Crippen molar-refractivity contribution in [3.05, 3.63) is 54.1 Å². The minimum Gasteiger partial charge on any atom is -0.497 e. The van der Waals surface area contributed by atoms with Crippen LogP contribution in [-0.4, -0.2) is 47.9 Å². The first kappa shape index (κ1) is 20.2. The van der Waals surface area contributed by atoms with Gasteiger partial charge in [0.1, 0.15) is 11.8 Å². The number of ether oxygens (including phenoxy) is 1. The van der Waals surface area contributed by atoms with Gasteiger partial charge in [-0.25, -0.2) is 4.79 Å². The fourth-order valence-electron chi connectivity index (χ4n) is 4.80. The predicted molar refractivity (Wildman–Crippen MR) is 114 cm³/mol. The van der Waals surface area contributed by atoms with Gasteiger partial charge in [0.05, 0.1) is 25.8 Å². The van der Waals surface area contributed by atoms with E-state index in [-0.39, 0.29) is 24.6 Å². The van der Waals surface area contributed by atoms with Crippen LogP contribution < -0.4 is 10.1 Å². The maximum atomic E-state index is 12.9. The molecule has 0 radical (unpaired) electrons. The molecule has 2 aromatic carbocycles. The normalized spacial score (nSPS) is 23.5. The number of benzene rings is 2. The first-order valence-electron chi connectivity index (χ1n) is 10.5. The van der Waals surface area contributed by atoms with Gasteiger partial charge in [-0.3, -0.25) is 0 Å². The van der Waals surface area contributed by atoms with Gasteiger partial charge in [-0.2, -0.15) is 5.26 Å². The highest BCUT2D eigenvalue weighted by Gasteiger charge is 2.52. The lowest BCUT2D eigenvalue weighted by Crippen LogP contribution is -2.67. The van der Waals surface area contributed by atoms with Crippen LogP contribution in [0.5, 0.6) is 5.75 Å². The number of amides is 2. The Morgan fingerprint density at radius 2 is 1.90 bits per heavy atom. The first-order chi connectivity index (χ1) is 14.7. The number of carbonyl (C=O) groups excluding carboxylic acids is 1. The van der Waals surface area contributed by atoms with Crippen LogP contribution in [0.15, 0.2) is 48.5 Å². The number of hydrogen-bond acceptors (Lipinski definition) is 4. The Balaban J connectivity index is 1.62. The van der Waals surface area contributed by atoms with Gasteiger partial charge in [0, 0.05) is 12.0 Å². The molecule has 1 heterocycles. The van der Waals surface area contributed by atoms with Gasteiger partial charge in [-0.1, -0.05) is 49.2 Å². The number of nitriles is 1. The van der Waals surface area contributed by atoms with E-state index in [4.69, 9.17) is 4.74 Å². The van der Waals surface area contributed by atoms with Crippen LogP contribution in [0.25, 0.3) is 11.1 Å².